The van der Waals surface area contributed by atoms with Crippen molar-refractivity contribution in [3.8, 4) is 11.5 Å². The van der Waals surface area contributed by atoms with E-state index in [1.807, 2.05) is 38.7 Å². The summed E-state index contributed by atoms with van der Waals surface area (Å²) in [7, 11) is 1.79. The lowest BCUT2D eigenvalue weighted by atomic mass is 9.80. The zero-order chi connectivity index (χ0) is 28.8. The number of amides is 1. The topological polar surface area (TPSA) is 84.1 Å². The molecule has 0 bridgehead atoms. The summed E-state index contributed by atoms with van der Waals surface area (Å²) >= 11 is 7.15. The smallest absolute Gasteiger partial charge is 0.254 e. The van der Waals surface area contributed by atoms with Crippen LogP contribution in [0, 0.1) is 26.7 Å². The molecule has 3 fully saturated rings. The van der Waals surface area contributed by atoms with Gasteiger partial charge in [-0.3, -0.25) is 14.5 Å². The van der Waals surface area contributed by atoms with Crippen LogP contribution >= 0.6 is 11.6 Å². The molecular weight excluding hydrogens is 542 g/mol. The van der Waals surface area contributed by atoms with Gasteiger partial charge >= 0.3 is 0 Å². The van der Waals surface area contributed by atoms with Crippen molar-refractivity contribution in [2.75, 3.05) is 26.7 Å². The Balaban J connectivity index is 1.16. The van der Waals surface area contributed by atoms with Crippen molar-refractivity contribution in [3.05, 3.63) is 55.0 Å². The van der Waals surface area contributed by atoms with Crippen LogP contribution in [0.1, 0.15) is 83.8 Å². The first-order valence-corrected chi connectivity index (χ1v) is 15.4. The number of pyridine rings is 1. The first-order valence-electron chi connectivity index (χ1n) is 15.0. The van der Waals surface area contributed by atoms with Crippen LogP contribution in [0.3, 0.4) is 0 Å². The average molecular weight is 582 g/mol. The fourth-order valence-electron chi connectivity index (χ4n) is 7.88. The van der Waals surface area contributed by atoms with Gasteiger partial charge in [0.25, 0.3) is 17.3 Å². The summed E-state index contributed by atoms with van der Waals surface area (Å²) in [5.74, 6) is 0.509. The number of rotatable bonds is 5. The molecule has 2 aromatic rings. The summed E-state index contributed by atoms with van der Waals surface area (Å²) in [6.45, 7) is 10.7. The number of nitrogens with one attached hydrogen (secondary N) is 1. The van der Waals surface area contributed by atoms with Crippen molar-refractivity contribution in [1.82, 2.24) is 14.8 Å². The number of methoxy groups -OCH3 is 1. The molecule has 220 valence electrons. The quantitative estimate of drug-likeness (QED) is 0.534. The molecule has 1 aromatic carbocycles. The van der Waals surface area contributed by atoms with E-state index < -0.39 is 5.79 Å². The summed E-state index contributed by atoms with van der Waals surface area (Å²) < 4.78 is 18.8. The minimum absolute atomic E-state index is 0.0966. The maximum atomic E-state index is 14.1. The molecule has 0 radical (unpaired) electrons. The summed E-state index contributed by atoms with van der Waals surface area (Å²) in [5, 5.41) is 0.527. The van der Waals surface area contributed by atoms with Gasteiger partial charge in [-0.05, 0) is 76.5 Å². The van der Waals surface area contributed by atoms with E-state index >= 15 is 0 Å². The third kappa shape index (κ3) is 4.23. The van der Waals surface area contributed by atoms with Crippen LogP contribution in [0.4, 0.5) is 0 Å². The molecule has 1 spiro atoms. The Morgan fingerprint density at radius 2 is 1.76 bits per heavy atom. The summed E-state index contributed by atoms with van der Waals surface area (Å²) in [5.41, 5.74) is 4.33. The van der Waals surface area contributed by atoms with Gasteiger partial charge in [0.1, 0.15) is 0 Å². The largest absolute Gasteiger partial charge is 0.448 e. The molecular formula is C32H40ClN3O5. The number of carbonyl (C=O) groups excluding carboxylic acids is 1. The monoisotopic (exact) mass is 581 g/mol. The van der Waals surface area contributed by atoms with Gasteiger partial charge in [0.15, 0.2) is 11.5 Å². The molecule has 1 saturated heterocycles. The van der Waals surface area contributed by atoms with Crippen LogP contribution < -0.4 is 15.0 Å². The molecule has 1 amide bonds. The van der Waals surface area contributed by atoms with E-state index in [1.165, 1.54) is 0 Å². The van der Waals surface area contributed by atoms with Gasteiger partial charge in [-0.25, -0.2) is 0 Å². The molecule has 41 heavy (non-hydrogen) atoms. The number of carbonyl (C=O) groups is 1. The molecule has 4 heterocycles. The number of aromatic nitrogens is 1. The zero-order valence-corrected chi connectivity index (χ0v) is 25.5. The van der Waals surface area contributed by atoms with Gasteiger partial charge in [0.2, 0.25) is 0 Å². The molecule has 3 aliphatic heterocycles. The van der Waals surface area contributed by atoms with Crippen molar-refractivity contribution < 1.29 is 19.0 Å². The SMILES string of the molecule is COC1CN(C2CCC([C@]3(C)Oc4c(C)c5c(c(Cl)c4O3)C3(CC3)CN(Cc3c(C)cc(C)[nH]c3=O)C5=O)CC2)C1. The molecule has 5 aliphatic rings. The Bertz CT molecular complexity index is 1490. The highest BCUT2D eigenvalue weighted by atomic mass is 35.5. The van der Waals surface area contributed by atoms with Crippen LogP contribution in [0.5, 0.6) is 11.5 Å². The summed E-state index contributed by atoms with van der Waals surface area (Å²) in [6.07, 6.45) is 6.52. The predicted octanol–water partition coefficient (Wildman–Crippen LogP) is 5.02. The van der Waals surface area contributed by atoms with Crippen molar-refractivity contribution in [2.45, 2.75) is 96.1 Å². The Hall–Kier alpha value is -2.55. The maximum Gasteiger partial charge on any atom is 0.254 e. The predicted molar refractivity (Wildman–Crippen MR) is 156 cm³/mol. The molecule has 9 heteroatoms. The van der Waals surface area contributed by atoms with Gasteiger partial charge in [-0.1, -0.05) is 11.6 Å². The summed E-state index contributed by atoms with van der Waals surface area (Å²) in [4.78, 5) is 34.2. The maximum absolute atomic E-state index is 14.1. The number of hydrogen-bond acceptors (Lipinski definition) is 6. The second kappa shape index (κ2) is 9.48. The van der Waals surface area contributed by atoms with Gasteiger partial charge in [0.05, 0.1) is 23.2 Å². The molecule has 1 N–H and O–H groups in total. The third-order valence-electron chi connectivity index (χ3n) is 10.6. The molecule has 2 saturated carbocycles. The minimum atomic E-state index is -0.818. The van der Waals surface area contributed by atoms with Crippen molar-refractivity contribution in [3.63, 3.8) is 0 Å². The van der Waals surface area contributed by atoms with E-state index in [4.69, 9.17) is 25.8 Å². The Labute approximate surface area is 246 Å². The lowest BCUT2D eigenvalue weighted by molar-refractivity contribution is -0.130. The number of benzene rings is 1. The number of hydrogen-bond donors (Lipinski definition) is 1. The lowest BCUT2D eigenvalue weighted by Gasteiger charge is -2.47. The molecule has 2 aliphatic carbocycles. The van der Waals surface area contributed by atoms with E-state index in [0.717, 1.165) is 74.0 Å². The molecule has 1 aromatic heterocycles. The fraction of sp³-hybridized carbons (Fsp3) is 0.625. The van der Waals surface area contributed by atoms with Crippen LogP contribution in [0.25, 0.3) is 0 Å². The van der Waals surface area contributed by atoms with E-state index in [0.29, 0.717) is 46.3 Å². The average Bonchev–Trinajstić information content (AvgIpc) is 3.57. The van der Waals surface area contributed by atoms with E-state index in [2.05, 4.69) is 9.88 Å². The Morgan fingerprint density at radius 1 is 1.07 bits per heavy atom. The number of halogens is 1. The number of likely N-dealkylation sites (tertiary alicyclic amines) is 1. The van der Waals surface area contributed by atoms with Crippen molar-refractivity contribution in [1.29, 1.82) is 0 Å². The summed E-state index contributed by atoms with van der Waals surface area (Å²) in [6, 6.07) is 2.55. The second-order valence-electron chi connectivity index (χ2n) is 13.3. The number of aromatic amines is 1. The highest BCUT2D eigenvalue weighted by Crippen LogP contribution is 2.61. The van der Waals surface area contributed by atoms with Crippen LogP contribution in [-0.4, -0.2) is 65.4 Å². The van der Waals surface area contributed by atoms with Crippen molar-refractivity contribution in [2.24, 2.45) is 5.92 Å². The Kier molecular flexibility index (Phi) is 6.31. The first kappa shape index (κ1) is 27.3. The van der Waals surface area contributed by atoms with E-state index in [9.17, 15) is 9.59 Å². The number of nitrogens with zero attached hydrogens (tertiary/aromatic N) is 2. The second-order valence-corrected chi connectivity index (χ2v) is 13.6. The molecule has 7 rings (SSSR count). The number of aryl methyl sites for hydroxylation is 2. The number of fused-ring (bicyclic) bond motifs is 3. The first-order chi connectivity index (χ1) is 19.5. The van der Waals surface area contributed by atoms with Gasteiger partial charge in [-0.15, -0.1) is 0 Å². The van der Waals surface area contributed by atoms with Crippen LogP contribution in [-0.2, 0) is 16.7 Å². The van der Waals surface area contributed by atoms with E-state index in [-0.39, 0.29) is 29.3 Å². The zero-order valence-electron chi connectivity index (χ0n) is 24.7. The van der Waals surface area contributed by atoms with Crippen LogP contribution in [0.15, 0.2) is 10.9 Å². The standard InChI is InChI=1S/C32H40ClN3O5/c1-17-12-18(2)34-29(37)23(17)15-36-16-32(10-11-32)25-24(30(36)38)19(3)27-28(26(25)33)41-31(4,40-27)20-6-8-21(9-7-20)35-13-22(14-35)39-5/h12,20-22H,6-11,13-16H2,1-5H3,(H,34,37)/t20?,21?,31-/m1/s1. The number of ether oxygens (including phenoxy) is 3. The van der Waals surface area contributed by atoms with Crippen molar-refractivity contribution >= 4 is 17.5 Å². The van der Waals surface area contributed by atoms with Gasteiger partial charge < -0.3 is 24.1 Å². The Morgan fingerprint density at radius 3 is 2.39 bits per heavy atom. The normalized spacial score (nSPS) is 28.6. The fourth-order valence-corrected chi connectivity index (χ4v) is 8.30. The van der Waals surface area contributed by atoms with Crippen LogP contribution in [0.2, 0.25) is 5.02 Å². The van der Waals surface area contributed by atoms with E-state index in [1.54, 1.807) is 7.11 Å². The molecule has 0 unspecified atom stereocenters. The lowest BCUT2D eigenvalue weighted by Crippen LogP contribution is -2.57. The molecule has 1 atom stereocenters. The highest BCUT2D eigenvalue weighted by Gasteiger charge is 2.56. The minimum Gasteiger partial charge on any atom is -0.448 e. The van der Waals surface area contributed by atoms with Gasteiger partial charge in [-0.2, -0.15) is 0 Å². The third-order valence-corrected chi connectivity index (χ3v) is 10.9. The van der Waals surface area contributed by atoms with Gasteiger partial charge in [0, 0.05) is 67.9 Å². The highest BCUT2D eigenvalue weighted by molar-refractivity contribution is 6.34. The number of H-pyrrole nitrogens is 1. The molecule has 8 nitrogen and oxygen atoms in total.